The van der Waals surface area contributed by atoms with Crippen molar-refractivity contribution in [3.63, 3.8) is 0 Å². The first-order valence-corrected chi connectivity index (χ1v) is 10.7. The molecule has 1 aromatic rings. The van der Waals surface area contributed by atoms with Gasteiger partial charge in [-0.15, -0.1) is 0 Å². The van der Waals surface area contributed by atoms with Crippen molar-refractivity contribution in [3.05, 3.63) is 34.9 Å². The SMILES string of the molecule is COCCCNC(=O)[C@]1(CC(C)C)N=CN(CC2CC2)[C@H]1c1ccc(Cl)cc1. The van der Waals surface area contributed by atoms with Gasteiger partial charge in [-0.1, -0.05) is 37.6 Å². The second kappa shape index (κ2) is 9.27. The van der Waals surface area contributed by atoms with Gasteiger partial charge in [0.05, 0.1) is 12.4 Å². The van der Waals surface area contributed by atoms with E-state index in [1.807, 2.05) is 30.6 Å². The Kier molecular flexibility index (Phi) is 7.00. The zero-order valence-electron chi connectivity index (χ0n) is 17.2. The quantitative estimate of drug-likeness (QED) is 0.597. The summed E-state index contributed by atoms with van der Waals surface area (Å²) in [7, 11) is 1.68. The Balaban J connectivity index is 1.90. The Morgan fingerprint density at radius 2 is 2.07 bits per heavy atom. The summed E-state index contributed by atoms with van der Waals surface area (Å²) in [5, 5.41) is 3.82. The van der Waals surface area contributed by atoms with Crippen molar-refractivity contribution in [1.29, 1.82) is 0 Å². The number of halogens is 1. The number of ether oxygens (including phenoxy) is 1. The lowest BCUT2D eigenvalue weighted by Crippen LogP contribution is -2.52. The molecule has 1 aliphatic heterocycles. The first-order valence-electron chi connectivity index (χ1n) is 10.3. The second-order valence-corrected chi connectivity index (χ2v) is 8.90. The number of carbonyl (C=O) groups is 1. The normalized spacial score (nSPS) is 24.2. The Morgan fingerprint density at radius 3 is 2.68 bits per heavy atom. The van der Waals surface area contributed by atoms with Crippen LogP contribution in [0.15, 0.2) is 29.3 Å². The van der Waals surface area contributed by atoms with Crippen molar-refractivity contribution in [2.75, 3.05) is 26.8 Å². The molecule has 1 fully saturated rings. The first-order chi connectivity index (χ1) is 13.5. The third kappa shape index (κ3) is 4.87. The van der Waals surface area contributed by atoms with E-state index in [1.54, 1.807) is 7.11 Å². The molecule has 1 heterocycles. The molecule has 2 atom stereocenters. The topological polar surface area (TPSA) is 53.9 Å². The lowest BCUT2D eigenvalue weighted by atomic mass is 9.78. The number of benzene rings is 1. The maximum Gasteiger partial charge on any atom is 0.250 e. The van der Waals surface area contributed by atoms with Gasteiger partial charge in [-0.25, -0.2) is 0 Å². The van der Waals surface area contributed by atoms with Gasteiger partial charge in [-0.2, -0.15) is 0 Å². The van der Waals surface area contributed by atoms with Gasteiger partial charge in [-0.3, -0.25) is 9.79 Å². The van der Waals surface area contributed by atoms with Crippen molar-refractivity contribution in [2.45, 2.75) is 51.1 Å². The number of rotatable bonds is 10. The molecular weight excluding hydrogens is 374 g/mol. The molecule has 1 aromatic carbocycles. The van der Waals surface area contributed by atoms with Gasteiger partial charge < -0.3 is 15.0 Å². The number of aliphatic imine (C=N–C) groups is 1. The summed E-state index contributed by atoms with van der Waals surface area (Å²) in [5.74, 6) is 1.06. The highest BCUT2D eigenvalue weighted by molar-refractivity contribution is 6.30. The molecule has 2 aliphatic rings. The fourth-order valence-corrected chi connectivity index (χ4v) is 4.21. The molecule has 0 spiro atoms. The van der Waals surface area contributed by atoms with E-state index in [1.165, 1.54) is 12.8 Å². The van der Waals surface area contributed by atoms with E-state index in [2.05, 4.69) is 24.1 Å². The highest BCUT2D eigenvalue weighted by atomic mass is 35.5. The van der Waals surface area contributed by atoms with E-state index >= 15 is 0 Å². The molecular formula is C22H32ClN3O2. The highest BCUT2D eigenvalue weighted by Gasteiger charge is 2.52. The summed E-state index contributed by atoms with van der Waals surface area (Å²) in [4.78, 5) is 20.6. The van der Waals surface area contributed by atoms with Crippen LogP contribution >= 0.6 is 11.6 Å². The number of carbonyl (C=O) groups excluding carboxylic acids is 1. The van der Waals surface area contributed by atoms with Crippen molar-refractivity contribution in [1.82, 2.24) is 10.2 Å². The Morgan fingerprint density at radius 1 is 1.36 bits per heavy atom. The molecule has 5 nitrogen and oxygen atoms in total. The molecule has 0 saturated heterocycles. The Hall–Kier alpha value is -1.59. The Bertz CT molecular complexity index is 688. The van der Waals surface area contributed by atoms with Crippen molar-refractivity contribution < 1.29 is 9.53 Å². The lowest BCUT2D eigenvalue weighted by molar-refractivity contribution is -0.128. The van der Waals surface area contributed by atoms with Crippen LogP contribution in [0.4, 0.5) is 0 Å². The smallest absolute Gasteiger partial charge is 0.250 e. The minimum atomic E-state index is -0.816. The van der Waals surface area contributed by atoms with Gasteiger partial charge in [0, 0.05) is 31.8 Å². The average molecular weight is 406 g/mol. The maximum absolute atomic E-state index is 13.4. The third-order valence-corrected chi connectivity index (χ3v) is 5.75. The van der Waals surface area contributed by atoms with E-state index in [9.17, 15) is 4.79 Å². The minimum absolute atomic E-state index is 0.00630. The molecule has 0 bridgehead atoms. The second-order valence-electron chi connectivity index (χ2n) is 8.46. The van der Waals surface area contributed by atoms with E-state index in [-0.39, 0.29) is 11.9 Å². The molecule has 3 rings (SSSR count). The summed E-state index contributed by atoms with van der Waals surface area (Å²) in [6, 6.07) is 7.78. The summed E-state index contributed by atoms with van der Waals surface area (Å²) in [6.07, 6.45) is 5.93. The van der Waals surface area contributed by atoms with E-state index in [0.717, 1.165) is 18.5 Å². The summed E-state index contributed by atoms with van der Waals surface area (Å²) >= 11 is 6.13. The number of methoxy groups -OCH3 is 1. The van der Waals surface area contributed by atoms with E-state index in [0.29, 0.717) is 36.4 Å². The van der Waals surface area contributed by atoms with Gasteiger partial charge >= 0.3 is 0 Å². The van der Waals surface area contributed by atoms with Crippen LogP contribution in [0.1, 0.15) is 51.1 Å². The summed E-state index contributed by atoms with van der Waals surface area (Å²) in [6.45, 7) is 6.48. The summed E-state index contributed by atoms with van der Waals surface area (Å²) < 4.78 is 5.11. The lowest BCUT2D eigenvalue weighted by Gasteiger charge is -2.38. The number of hydrogen-bond acceptors (Lipinski definition) is 4. The van der Waals surface area contributed by atoms with Crippen LogP contribution in [0.2, 0.25) is 5.02 Å². The van der Waals surface area contributed by atoms with Gasteiger partial charge in [0.25, 0.3) is 5.91 Å². The molecule has 0 aromatic heterocycles. The van der Waals surface area contributed by atoms with Crippen LogP contribution in [0.5, 0.6) is 0 Å². The fourth-order valence-electron chi connectivity index (χ4n) is 4.09. The number of nitrogens with zero attached hydrogens (tertiary/aromatic N) is 2. The summed E-state index contributed by atoms with van der Waals surface area (Å²) in [5.41, 5.74) is 0.277. The number of amides is 1. The van der Waals surface area contributed by atoms with Crippen molar-refractivity contribution >= 4 is 23.8 Å². The molecule has 6 heteroatoms. The van der Waals surface area contributed by atoms with Gasteiger partial charge in [0.15, 0.2) is 5.54 Å². The number of nitrogens with one attached hydrogen (secondary N) is 1. The minimum Gasteiger partial charge on any atom is -0.385 e. The molecule has 0 radical (unpaired) electrons. The van der Waals surface area contributed by atoms with Crippen LogP contribution in [-0.2, 0) is 9.53 Å². The predicted octanol–water partition coefficient (Wildman–Crippen LogP) is 4.07. The van der Waals surface area contributed by atoms with Crippen LogP contribution < -0.4 is 5.32 Å². The van der Waals surface area contributed by atoms with Gasteiger partial charge in [0.2, 0.25) is 0 Å². The average Bonchev–Trinajstić information content (AvgIpc) is 3.41. The first kappa shape index (κ1) is 21.1. The fraction of sp³-hybridized carbons (Fsp3) is 0.636. The molecule has 154 valence electrons. The van der Waals surface area contributed by atoms with Gasteiger partial charge in [0.1, 0.15) is 0 Å². The van der Waals surface area contributed by atoms with Gasteiger partial charge in [-0.05, 0) is 55.2 Å². The van der Waals surface area contributed by atoms with Crippen molar-refractivity contribution in [2.24, 2.45) is 16.8 Å². The van der Waals surface area contributed by atoms with Crippen LogP contribution in [0.3, 0.4) is 0 Å². The van der Waals surface area contributed by atoms with Crippen molar-refractivity contribution in [3.8, 4) is 0 Å². The van der Waals surface area contributed by atoms with E-state index in [4.69, 9.17) is 21.3 Å². The van der Waals surface area contributed by atoms with Crippen LogP contribution in [0.25, 0.3) is 0 Å². The molecule has 1 saturated carbocycles. The standard InChI is InChI=1S/C22H32ClN3O2/c1-16(2)13-22(21(27)24-11-4-12-28-3)20(18-7-9-19(23)10-8-18)26(15-25-22)14-17-5-6-17/h7-10,15-17,20H,4-6,11-14H2,1-3H3,(H,24,27)/t20-,22+/m0/s1. The monoisotopic (exact) mass is 405 g/mol. The largest absolute Gasteiger partial charge is 0.385 e. The zero-order chi connectivity index (χ0) is 20.1. The molecule has 28 heavy (non-hydrogen) atoms. The molecule has 1 N–H and O–H groups in total. The highest BCUT2D eigenvalue weighted by Crippen LogP contribution is 2.45. The molecule has 1 aliphatic carbocycles. The molecule has 1 amide bonds. The van der Waals surface area contributed by atoms with Crippen LogP contribution in [-0.4, -0.2) is 49.5 Å². The van der Waals surface area contributed by atoms with Crippen LogP contribution in [0, 0.1) is 11.8 Å². The van der Waals surface area contributed by atoms with E-state index < -0.39 is 5.54 Å². The zero-order valence-corrected chi connectivity index (χ0v) is 17.9. The maximum atomic E-state index is 13.4. The third-order valence-electron chi connectivity index (χ3n) is 5.50. The molecule has 0 unspecified atom stereocenters. The number of hydrogen-bond donors (Lipinski definition) is 1. The Labute approximate surface area is 173 Å². The predicted molar refractivity (Wildman–Crippen MR) is 114 cm³/mol.